The molecule has 0 heterocycles. The van der Waals surface area contributed by atoms with Gasteiger partial charge in [-0.2, -0.15) is 0 Å². The van der Waals surface area contributed by atoms with E-state index in [2.05, 4.69) is 30.7 Å². The first-order valence-corrected chi connectivity index (χ1v) is 3.26. The quantitative estimate of drug-likeness (QED) is 0.470. The minimum Gasteiger partial charge on any atom is -0.354 e. The molecule has 1 nitrogen and oxygen atoms in total. The molecule has 0 radical (unpaired) electrons. The maximum atomic E-state index is 4.65. The zero-order chi connectivity index (χ0) is 7.70. The number of hydrogen-bond acceptors (Lipinski definition) is 1. The van der Waals surface area contributed by atoms with E-state index < -0.39 is 0 Å². The molecule has 0 saturated heterocycles. The van der Waals surface area contributed by atoms with Gasteiger partial charge in [-0.3, -0.25) is 0 Å². The Bertz CT molecular complexity index is 97.1. The SMILES string of the molecule is C=CNC(=S)C=C.CC. The van der Waals surface area contributed by atoms with Crippen LogP contribution in [0.1, 0.15) is 13.8 Å². The largest absolute Gasteiger partial charge is 0.354 e. The predicted molar refractivity (Wildman–Crippen MR) is 47.5 cm³/mol. The van der Waals surface area contributed by atoms with Gasteiger partial charge in [-0.25, -0.2) is 0 Å². The maximum absolute atomic E-state index is 4.65. The lowest BCUT2D eigenvalue weighted by atomic mass is 10.6. The average molecular weight is 143 g/mol. The number of nitrogens with one attached hydrogen (secondary N) is 1. The molecule has 0 amide bonds. The van der Waals surface area contributed by atoms with Crippen LogP contribution in [0.15, 0.2) is 25.4 Å². The highest BCUT2D eigenvalue weighted by atomic mass is 32.1. The molecule has 2 heteroatoms. The minimum absolute atomic E-state index is 0.606. The van der Waals surface area contributed by atoms with Gasteiger partial charge in [0.2, 0.25) is 0 Å². The molecule has 1 N–H and O–H groups in total. The van der Waals surface area contributed by atoms with Crippen molar-refractivity contribution in [3.63, 3.8) is 0 Å². The third-order valence-electron chi connectivity index (χ3n) is 0.430. The summed E-state index contributed by atoms with van der Waals surface area (Å²) in [6.07, 6.45) is 3.07. The molecule has 0 bridgehead atoms. The van der Waals surface area contributed by atoms with Crippen LogP contribution in [0.25, 0.3) is 0 Å². The summed E-state index contributed by atoms with van der Waals surface area (Å²) in [4.78, 5) is 0.606. The monoisotopic (exact) mass is 143 g/mol. The van der Waals surface area contributed by atoms with Crippen molar-refractivity contribution in [1.82, 2.24) is 5.32 Å². The molecular weight excluding hydrogens is 130 g/mol. The van der Waals surface area contributed by atoms with Crippen molar-refractivity contribution in [2.24, 2.45) is 0 Å². The summed E-state index contributed by atoms with van der Waals surface area (Å²) in [6, 6.07) is 0. The normalized spacial score (nSPS) is 6.00. The van der Waals surface area contributed by atoms with Gasteiger partial charge in [0.15, 0.2) is 0 Å². The van der Waals surface area contributed by atoms with E-state index in [0.717, 1.165) is 0 Å². The zero-order valence-electron chi connectivity index (χ0n) is 5.98. The molecule has 0 atom stereocenters. The van der Waals surface area contributed by atoms with Gasteiger partial charge in [-0.15, -0.1) is 0 Å². The molecule has 0 aliphatic carbocycles. The van der Waals surface area contributed by atoms with Crippen molar-refractivity contribution >= 4 is 17.2 Å². The molecule has 9 heavy (non-hydrogen) atoms. The molecule has 0 saturated carbocycles. The van der Waals surface area contributed by atoms with E-state index in [-0.39, 0.29) is 0 Å². The second-order valence-corrected chi connectivity index (χ2v) is 1.36. The van der Waals surface area contributed by atoms with E-state index >= 15 is 0 Å². The van der Waals surface area contributed by atoms with Crippen LogP contribution in [-0.4, -0.2) is 4.99 Å². The van der Waals surface area contributed by atoms with Crippen molar-refractivity contribution in [2.45, 2.75) is 13.8 Å². The predicted octanol–water partition coefficient (Wildman–Crippen LogP) is 2.26. The highest BCUT2D eigenvalue weighted by Crippen LogP contribution is 1.68. The minimum atomic E-state index is 0.606. The topological polar surface area (TPSA) is 12.0 Å². The summed E-state index contributed by atoms with van der Waals surface area (Å²) in [5.74, 6) is 0. The van der Waals surface area contributed by atoms with Crippen LogP contribution in [0.4, 0.5) is 0 Å². The van der Waals surface area contributed by atoms with Gasteiger partial charge < -0.3 is 5.32 Å². The Morgan fingerprint density at radius 3 is 2.00 bits per heavy atom. The molecule has 52 valence electrons. The molecule has 0 aliphatic rings. The summed E-state index contributed by atoms with van der Waals surface area (Å²) in [5.41, 5.74) is 0. The van der Waals surface area contributed by atoms with E-state index in [0.29, 0.717) is 4.99 Å². The Kier molecular flexibility index (Phi) is 12.9. The Balaban J connectivity index is 0. The third kappa shape index (κ3) is 11.1. The van der Waals surface area contributed by atoms with E-state index in [1.165, 1.54) is 6.20 Å². The zero-order valence-corrected chi connectivity index (χ0v) is 6.79. The smallest absolute Gasteiger partial charge is 0.102 e. The Labute approximate surface area is 62.5 Å². The first-order chi connectivity index (χ1) is 4.31. The van der Waals surface area contributed by atoms with Crippen LogP contribution >= 0.6 is 12.2 Å². The van der Waals surface area contributed by atoms with E-state index in [9.17, 15) is 0 Å². The summed E-state index contributed by atoms with van der Waals surface area (Å²) in [6.45, 7) is 10.8. The summed E-state index contributed by atoms with van der Waals surface area (Å²) < 4.78 is 0. The van der Waals surface area contributed by atoms with Gasteiger partial charge in [0, 0.05) is 0 Å². The summed E-state index contributed by atoms with van der Waals surface area (Å²) in [7, 11) is 0. The van der Waals surface area contributed by atoms with Crippen LogP contribution in [-0.2, 0) is 0 Å². The third-order valence-corrected chi connectivity index (χ3v) is 0.714. The van der Waals surface area contributed by atoms with Crippen LogP contribution in [0.5, 0.6) is 0 Å². The van der Waals surface area contributed by atoms with Gasteiger partial charge in [0.05, 0.1) is 0 Å². The summed E-state index contributed by atoms with van der Waals surface area (Å²) >= 11 is 4.65. The Morgan fingerprint density at radius 1 is 1.44 bits per heavy atom. The molecule has 0 spiro atoms. The lowest BCUT2D eigenvalue weighted by molar-refractivity contribution is 1.34. The van der Waals surface area contributed by atoms with Crippen LogP contribution < -0.4 is 5.32 Å². The first-order valence-electron chi connectivity index (χ1n) is 2.85. The maximum Gasteiger partial charge on any atom is 0.102 e. The molecule has 0 aromatic carbocycles. The lowest BCUT2D eigenvalue weighted by Crippen LogP contribution is -2.09. The first kappa shape index (κ1) is 11.2. The molecule has 0 fully saturated rings. The highest BCUT2D eigenvalue weighted by Gasteiger charge is 1.75. The Hall–Kier alpha value is -0.630. The van der Waals surface area contributed by atoms with E-state index in [1.54, 1.807) is 6.08 Å². The molecular formula is C7H13NS. The second kappa shape index (κ2) is 10.4. The molecule has 0 aromatic heterocycles. The van der Waals surface area contributed by atoms with Gasteiger partial charge in [0.25, 0.3) is 0 Å². The number of hydrogen-bond donors (Lipinski definition) is 1. The number of rotatable bonds is 2. The van der Waals surface area contributed by atoms with Gasteiger partial charge in [-0.05, 0) is 12.3 Å². The molecule has 0 aliphatic heterocycles. The molecule has 0 aromatic rings. The van der Waals surface area contributed by atoms with Crippen molar-refractivity contribution < 1.29 is 0 Å². The van der Waals surface area contributed by atoms with Gasteiger partial charge >= 0.3 is 0 Å². The van der Waals surface area contributed by atoms with Crippen molar-refractivity contribution in [3.8, 4) is 0 Å². The van der Waals surface area contributed by atoms with E-state index in [4.69, 9.17) is 0 Å². The number of thiocarbonyl (C=S) groups is 1. The van der Waals surface area contributed by atoms with E-state index in [1.807, 2.05) is 13.8 Å². The fourth-order valence-corrected chi connectivity index (χ4v) is 0.243. The second-order valence-electron chi connectivity index (χ2n) is 0.917. The van der Waals surface area contributed by atoms with Crippen molar-refractivity contribution in [1.29, 1.82) is 0 Å². The van der Waals surface area contributed by atoms with Crippen LogP contribution in [0.2, 0.25) is 0 Å². The fraction of sp³-hybridized carbons (Fsp3) is 0.286. The fourth-order valence-electron chi connectivity index (χ4n) is 0.160. The summed E-state index contributed by atoms with van der Waals surface area (Å²) in [5, 5.41) is 2.67. The lowest BCUT2D eigenvalue weighted by Gasteiger charge is -1.89. The average Bonchev–Trinajstić information content (AvgIpc) is 1.93. The van der Waals surface area contributed by atoms with Crippen molar-refractivity contribution in [3.05, 3.63) is 25.4 Å². The van der Waals surface area contributed by atoms with Gasteiger partial charge in [0.1, 0.15) is 4.99 Å². The van der Waals surface area contributed by atoms with Gasteiger partial charge in [-0.1, -0.05) is 39.2 Å². The van der Waals surface area contributed by atoms with Crippen LogP contribution in [0.3, 0.4) is 0 Å². The standard InChI is InChI=1S/C5H7NS.C2H6/c1-3-5(7)6-4-2;1-2/h3-4H,1-2H2,(H,6,7);1-2H3. The Morgan fingerprint density at radius 2 is 1.89 bits per heavy atom. The highest BCUT2D eigenvalue weighted by molar-refractivity contribution is 7.80. The molecule has 0 unspecified atom stereocenters. The molecule has 0 rings (SSSR count). The van der Waals surface area contributed by atoms with Crippen LogP contribution in [0, 0.1) is 0 Å². The van der Waals surface area contributed by atoms with Crippen molar-refractivity contribution in [2.75, 3.05) is 0 Å².